The van der Waals surface area contributed by atoms with Gasteiger partial charge in [0.1, 0.15) is 0 Å². The Balaban J connectivity index is 2.08. The molecule has 1 radical (unpaired) electrons. The van der Waals surface area contributed by atoms with Gasteiger partial charge in [-0.25, -0.2) is 0 Å². The molecule has 0 atom stereocenters. The highest BCUT2D eigenvalue weighted by Gasteiger charge is 2.14. The number of rotatable bonds is 1. The van der Waals surface area contributed by atoms with E-state index in [0.717, 1.165) is 5.92 Å². The van der Waals surface area contributed by atoms with E-state index in [2.05, 4.69) is 18.2 Å². The Bertz CT molecular complexity index is 219. The molecular weight excluding hydrogens is 144 g/mol. The van der Waals surface area contributed by atoms with Crippen LogP contribution in [0, 0.1) is 6.07 Å². The second-order valence-corrected chi connectivity index (χ2v) is 3.67. The molecule has 2 rings (SSSR count). The van der Waals surface area contributed by atoms with E-state index in [-0.39, 0.29) is 0 Å². The topological polar surface area (TPSA) is 0 Å². The summed E-state index contributed by atoms with van der Waals surface area (Å²) in [5, 5.41) is 0. The summed E-state index contributed by atoms with van der Waals surface area (Å²) in [7, 11) is 0. The minimum absolute atomic E-state index is 0.841. The average molecular weight is 159 g/mol. The molecule has 1 saturated carbocycles. The van der Waals surface area contributed by atoms with Crippen molar-refractivity contribution < 1.29 is 0 Å². The Hall–Kier alpha value is -0.780. The fourth-order valence-electron chi connectivity index (χ4n) is 2.11. The van der Waals surface area contributed by atoms with Gasteiger partial charge >= 0.3 is 0 Å². The molecule has 0 unspecified atom stereocenters. The summed E-state index contributed by atoms with van der Waals surface area (Å²) in [6.07, 6.45) is 7.07. The first kappa shape index (κ1) is 7.85. The van der Waals surface area contributed by atoms with Crippen LogP contribution >= 0.6 is 0 Å². The maximum Gasteiger partial charge on any atom is -0.0162 e. The lowest BCUT2D eigenvalue weighted by atomic mass is 9.84. The van der Waals surface area contributed by atoms with E-state index in [1.165, 1.54) is 37.7 Å². The summed E-state index contributed by atoms with van der Waals surface area (Å²) in [4.78, 5) is 0. The SMILES string of the molecule is [c]1ccc(C2CCCCC2)cc1. The number of hydrogen-bond acceptors (Lipinski definition) is 0. The van der Waals surface area contributed by atoms with Crippen LogP contribution in [0.4, 0.5) is 0 Å². The van der Waals surface area contributed by atoms with E-state index in [9.17, 15) is 0 Å². The Morgan fingerprint density at radius 2 is 1.67 bits per heavy atom. The average Bonchev–Trinajstić information content (AvgIpc) is 2.21. The van der Waals surface area contributed by atoms with Gasteiger partial charge in [0.25, 0.3) is 0 Å². The third-order valence-electron chi connectivity index (χ3n) is 2.82. The van der Waals surface area contributed by atoms with Crippen LogP contribution in [0.2, 0.25) is 0 Å². The van der Waals surface area contributed by atoms with E-state index in [0.29, 0.717) is 0 Å². The molecule has 1 fully saturated rings. The highest BCUT2D eigenvalue weighted by atomic mass is 14.2. The van der Waals surface area contributed by atoms with E-state index >= 15 is 0 Å². The Morgan fingerprint density at radius 1 is 1.00 bits per heavy atom. The summed E-state index contributed by atoms with van der Waals surface area (Å²) < 4.78 is 0. The number of benzene rings is 1. The van der Waals surface area contributed by atoms with Crippen LogP contribution in [0.5, 0.6) is 0 Å². The molecular formula is C12H15. The minimum Gasteiger partial charge on any atom is -0.0581 e. The molecule has 12 heavy (non-hydrogen) atoms. The van der Waals surface area contributed by atoms with E-state index in [4.69, 9.17) is 0 Å². The third kappa shape index (κ3) is 1.69. The summed E-state index contributed by atoms with van der Waals surface area (Å²) >= 11 is 0. The molecule has 0 saturated heterocycles. The Kier molecular flexibility index (Phi) is 2.45. The van der Waals surface area contributed by atoms with Crippen molar-refractivity contribution in [2.75, 3.05) is 0 Å². The van der Waals surface area contributed by atoms with Gasteiger partial charge in [-0.1, -0.05) is 43.5 Å². The molecule has 1 aromatic rings. The summed E-state index contributed by atoms with van der Waals surface area (Å²) in [6.45, 7) is 0. The molecule has 0 heteroatoms. The minimum atomic E-state index is 0.841. The first-order valence-corrected chi connectivity index (χ1v) is 4.93. The van der Waals surface area contributed by atoms with Crippen molar-refractivity contribution in [2.45, 2.75) is 38.0 Å². The van der Waals surface area contributed by atoms with Crippen molar-refractivity contribution in [2.24, 2.45) is 0 Å². The van der Waals surface area contributed by atoms with Gasteiger partial charge in [-0.2, -0.15) is 0 Å². The summed E-state index contributed by atoms with van der Waals surface area (Å²) in [6, 6.07) is 11.6. The second kappa shape index (κ2) is 3.75. The van der Waals surface area contributed by atoms with Gasteiger partial charge in [0.15, 0.2) is 0 Å². The molecule has 0 amide bonds. The summed E-state index contributed by atoms with van der Waals surface area (Å²) in [5.74, 6) is 0.841. The van der Waals surface area contributed by atoms with Crippen molar-refractivity contribution in [3.05, 3.63) is 35.9 Å². The van der Waals surface area contributed by atoms with Gasteiger partial charge < -0.3 is 0 Å². The fraction of sp³-hybridized carbons (Fsp3) is 0.500. The molecule has 63 valence electrons. The predicted molar refractivity (Wildman–Crippen MR) is 51.1 cm³/mol. The van der Waals surface area contributed by atoms with Gasteiger partial charge in [-0.05, 0) is 30.4 Å². The molecule has 0 heterocycles. The van der Waals surface area contributed by atoms with Crippen molar-refractivity contribution in [3.8, 4) is 0 Å². The molecule has 1 aliphatic rings. The van der Waals surface area contributed by atoms with Crippen LogP contribution < -0.4 is 0 Å². The molecule has 0 bridgehead atoms. The highest BCUT2D eigenvalue weighted by molar-refractivity contribution is 5.18. The van der Waals surface area contributed by atoms with Crippen LogP contribution in [0.1, 0.15) is 43.6 Å². The maximum absolute atomic E-state index is 3.07. The molecule has 0 nitrogen and oxygen atoms in total. The van der Waals surface area contributed by atoms with E-state index in [1.54, 1.807) is 0 Å². The van der Waals surface area contributed by atoms with Gasteiger partial charge in [-0.15, -0.1) is 0 Å². The van der Waals surface area contributed by atoms with Crippen LogP contribution in [-0.2, 0) is 0 Å². The lowest BCUT2D eigenvalue weighted by Crippen LogP contribution is -2.03. The molecule has 0 aliphatic heterocycles. The van der Waals surface area contributed by atoms with Crippen LogP contribution in [0.15, 0.2) is 24.3 Å². The second-order valence-electron chi connectivity index (χ2n) is 3.67. The molecule has 0 N–H and O–H groups in total. The predicted octanol–water partition coefficient (Wildman–Crippen LogP) is 3.53. The lowest BCUT2D eigenvalue weighted by Gasteiger charge is -2.21. The van der Waals surface area contributed by atoms with Crippen molar-refractivity contribution in [1.82, 2.24) is 0 Å². The van der Waals surface area contributed by atoms with Crippen LogP contribution in [-0.4, -0.2) is 0 Å². The normalized spacial score (nSPS) is 19.3. The van der Waals surface area contributed by atoms with Crippen LogP contribution in [0.3, 0.4) is 0 Å². The lowest BCUT2D eigenvalue weighted by molar-refractivity contribution is 0.443. The smallest absolute Gasteiger partial charge is 0.0162 e. The molecule has 1 aliphatic carbocycles. The van der Waals surface area contributed by atoms with Crippen molar-refractivity contribution in [3.63, 3.8) is 0 Å². The standard InChI is InChI=1S/C12H15/c1-3-7-11(8-4-1)12-9-5-2-6-10-12/h5-6,9-11H,1,3-4,7-8H2. The van der Waals surface area contributed by atoms with Gasteiger partial charge in [0, 0.05) is 0 Å². The molecule has 0 spiro atoms. The van der Waals surface area contributed by atoms with Crippen molar-refractivity contribution >= 4 is 0 Å². The molecule has 1 aromatic carbocycles. The van der Waals surface area contributed by atoms with Gasteiger partial charge in [0.05, 0.1) is 0 Å². The Morgan fingerprint density at radius 3 is 2.33 bits per heavy atom. The van der Waals surface area contributed by atoms with E-state index < -0.39 is 0 Å². The number of hydrogen-bond donors (Lipinski definition) is 0. The van der Waals surface area contributed by atoms with E-state index in [1.807, 2.05) is 12.1 Å². The maximum atomic E-state index is 3.07. The Labute approximate surface area is 74.6 Å². The van der Waals surface area contributed by atoms with Crippen molar-refractivity contribution in [1.29, 1.82) is 0 Å². The van der Waals surface area contributed by atoms with Gasteiger partial charge in [0.2, 0.25) is 0 Å². The van der Waals surface area contributed by atoms with Crippen LogP contribution in [0.25, 0.3) is 0 Å². The third-order valence-corrected chi connectivity index (χ3v) is 2.82. The summed E-state index contributed by atoms with van der Waals surface area (Å²) in [5.41, 5.74) is 1.52. The van der Waals surface area contributed by atoms with Gasteiger partial charge in [-0.3, -0.25) is 0 Å². The first-order valence-electron chi connectivity index (χ1n) is 4.93. The molecule has 0 aromatic heterocycles. The fourth-order valence-corrected chi connectivity index (χ4v) is 2.11. The zero-order chi connectivity index (χ0) is 8.23. The first-order chi connectivity index (χ1) is 5.97. The zero-order valence-corrected chi connectivity index (χ0v) is 7.42. The monoisotopic (exact) mass is 159 g/mol. The quantitative estimate of drug-likeness (QED) is 0.588. The largest absolute Gasteiger partial charge is 0.0581 e. The zero-order valence-electron chi connectivity index (χ0n) is 7.42. The highest BCUT2D eigenvalue weighted by Crippen LogP contribution is 2.31.